The topological polar surface area (TPSA) is 44.7 Å². The summed E-state index contributed by atoms with van der Waals surface area (Å²) in [5, 5.41) is 12.0. The predicted octanol–water partition coefficient (Wildman–Crippen LogP) is 1.25. The number of aliphatic hydroxyl groups excluding tert-OH is 1. The Morgan fingerprint density at radius 1 is 1.11 bits per heavy atom. The Morgan fingerprint density at radius 3 is 2.50 bits per heavy atom. The molecule has 2 rings (SSSR count). The number of hydrogen-bond donors (Lipinski definition) is 2. The Hall–Kier alpha value is -1.26. The van der Waals surface area contributed by atoms with Crippen LogP contribution in [0, 0.1) is 0 Å². The van der Waals surface area contributed by atoms with Gasteiger partial charge in [-0.25, -0.2) is 0 Å². The lowest BCUT2D eigenvalue weighted by atomic mass is 10.2. The van der Waals surface area contributed by atoms with Crippen molar-refractivity contribution in [2.75, 3.05) is 44.3 Å². The Kier molecular flexibility index (Phi) is 5.30. The van der Waals surface area contributed by atoms with E-state index >= 15 is 0 Å². The van der Waals surface area contributed by atoms with Gasteiger partial charge in [-0.3, -0.25) is 0 Å². The molecule has 0 bridgehead atoms. The molecular formula is C14H22N2O2. The second-order valence-corrected chi connectivity index (χ2v) is 4.51. The molecule has 18 heavy (non-hydrogen) atoms. The van der Waals surface area contributed by atoms with Gasteiger partial charge in [0.15, 0.2) is 0 Å². The number of nitrogens with one attached hydrogen (secondary N) is 1. The van der Waals surface area contributed by atoms with Crippen LogP contribution in [-0.2, 0) is 0 Å². The zero-order valence-corrected chi connectivity index (χ0v) is 10.8. The molecule has 1 saturated heterocycles. The van der Waals surface area contributed by atoms with Crippen LogP contribution in [0.5, 0.6) is 5.75 Å². The molecule has 0 atom stereocenters. The number of ether oxygens (including phenoxy) is 1. The molecule has 1 aliphatic heterocycles. The van der Waals surface area contributed by atoms with Crippen LogP contribution < -0.4 is 15.0 Å². The Balaban J connectivity index is 1.81. The van der Waals surface area contributed by atoms with Crippen LogP contribution in [0.15, 0.2) is 24.3 Å². The van der Waals surface area contributed by atoms with Gasteiger partial charge in [0.2, 0.25) is 0 Å². The first kappa shape index (κ1) is 13.2. The van der Waals surface area contributed by atoms with E-state index < -0.39 is 0 Å². The third-order valence-corrected chi connectivity index (χ3v) is 3.14. The zero-order valence-electron chi connectivity index (χ0n) is 10.8. The van der Waals surface area contributed by atoms with Crippen molar-refractivity contribution in [1.29, 1.82) is 0 Å². The van der Waals surface area contributed by atoms with E-state index in [1.54, 1.807) is 0 Å². The maximum atomic E-state index is 8.68. The minimum absolute atomic E-state index is 0.241. The number of aliphatic hydroxyl groups is 1. The van der Waals surface area contributed by atoms with E-state index in [0.29, 0.717) is 6.61 Å². The highest BCUT2D eigenvalue weighted by atomic mass is 16.5. The third kappa shape index (κ3) is 3.89. The molecule has 0 aliphatic carbocycles. The number of piperazine rings is 1. The Bertz CT molecular complexity index is 334. The fourth-order valence-corrected chi connectivity index (χ4v) is 2.08. The molecule has 1 aromatic carbocycles. The minimum Gasteiger partial charge on any atom is -0.494 e. The predicted molar refractivity (Wildman–Crippen MR) is 73.3 cm³/mol. The van der Waals surface area contributed by atoms with Crippen LogP contribution in [0.4, 0.5) is 5.69 Å². The lowest BCUT2D eigenvalue weighted by Gasteiger charge is -2.29. The van der Waals surface area contributed by atoms with Crippen molar-refractivity contribution in [2.45, 2.75) is 12.8 Å². The quantitative estimate of drug-likeness (QED) is 0.746. The maximum Gasteiger partial charge on any atom is 0.119 e. The van der Waals surface area contributed by atoms with Gasteiger partial charge in [0, 0.05) is 38.5 Å². The number of benzene rings is 1. The zero-order chi connectivity index (χ0) is 12.6. The number of hydrogen-bond acceptors (Lipinski definition) is 4. The van der Waals surface area contributed by atoms with Crippen molar-refractivity contribution in [3.05, 3.63) is 24.3 Å². The summed E-state index contributed by atoms with van der Waals surface area (Å²) >= 11 is 0. The van der Waals surface area contributed by atoms with Crippen LogP contribution in [-0.4, -0.2) is 44.5 Å². The van der Waals surface area contributed by atoms with Crippen molar-refractivity contribution in [2.24, 2.45) is 0 Å². The molecule has 2 N–H and O–H groups in total. The normalized spacial score (nSPS) is 15.7. The van der Waals surface area contributed by atoms with Gasteiger partial charge in [-0.15, -0.1) is 0 Å². The van der Waals surface area contributed by atoms with Crippen molar-refractivity contribution < 1.29 is 9.84 Å². The molecule has 4 heteroatoms. The average molecular weight is 250 g/mol. The molecule has 0 spiro atoms. The van der Waals surface area contributed by atoms with Gasteiger partial charge >= 0.3 is 0 Å². The number of nitrogens with zero attached hydrogens (tertiary/aromatic N) is 1. The van der Waals surface area contributed by atoms with E-state index in [9.17, 15) is 0 Å². The van der Waals surface area contributed by atoms with Gasteiger partial charge < -0.3 is 20.1 Å². The lowest BCUT2D eigenvalue weighted by molar-refractivity contribution is 0.253. The summed E-state index contributed by atoms with van der Waals surface area (Å²) in [4.78, 5) is 2.38. The van der Waals surface area contributed by atoms with E-state index in [1.807, 2.05) is 12.1 Å². The van der Waals surface area contributed by atoms with E-state index in [0.717, 1.165) is 44.8 Å². The molecule has 1 aromatic rings. The molecule has 0 aromatic heterocycles. The van der Waals surface area contributed by atoms with Crippen LogP contribution in [0.25, 0.3) is 0 Å². The highest BCUT2D eigenvalue weighted by Crippen LogP contribution is 2.19. The smallest absolute Gasteiger partial charge is 0.119 e. The molecule has 0 radical (unpaired) electrons. The van der Waals surface area contributed by atoms with Gasteiger partial charge in [-0.05, 0) is 37.1 Å². The third-order valence-electron chi connectivity index (χ3n) is 3.14. The van der Waals surface area contributed by atoms with Crippen LogP contribution in [0.1, 0.15) is 12.8 Å². The monoisotopic (exact) mass is 250 g/mol. The molecule has 4 nitrogen and oxygen atoms in total. The van der Waals surface area contributed by atoms with Gasteiger partial charge in [0.25, 0.3) is 0 Å². The van der Waals surface area contributed by atoms with E-state index in [2.05, 4.69) is 22.3 Å². The first-order chi connectivity index (χ1) is 8.90. The average Bonchev–Trinajstić information content (AvgIpc) is 2.45. The fourth-order valence-electron chi connectivity index (χ4n) is 2.08. The van der Waals surface area contributed by atoms with Gasteiger partial charge in [0.05, 0.1) is 6.61 Å². The van der Waals surface area contributed by atoms with Crippen LogP contribution >= 0.6 is 0 Å². The van der Waals surface area contributed by atoms with Crippen molar-refractivity contribution in [3.63, 3.8) is 0 Å². The summed E-state index contributed by atoms with van der Waals surface area (Å²) in [6, 6.07) is 8.28. The highest BCUT2D eigenvalue weighted by Gasteiger charge is 2.09. The van der Waals surface area contributed by atoms with Crippen molar-refractivity contribution in [1.82, 2.24) is 5.32 Å². The standard InChI is InChI=1S/C14H22N2O2/c17-11-1-2-12-18-14-5-3-13(4-6-14)16-9-7-15-8-10-16/h3-6,15,17H,1-2,7-12H2. The molecule has 100 valence electrons. The number of anilines is 1. The first-order valence-electron chi connectivity index (χ1n) is 6.69. The molecular weight excluding hydrogens is 228 g/mol. The second kappa shape index (κ2) is 7.24. The van der Waals surface area contributed by atoms with Crippen molar-refractivity contribution in [3.8, 4) is 5.75 Å². The molecule has 1 aliphatic rings. The van der Waals surface area contributed by atoms with E-state index in [4.69, 9.17) is 9.84 Å². The summed E-state index contributed by atoms with van der Waals surface area (Å²) < 4.78 is 5.61. The number of rotatable bonds is 6. The second-order valence-electron chi connectivity index (χ2n) is 4.51. The summed E-state index contributed by atoms with van der Waals surface area (Å²) in [7, 11) is 0. The van der Waals surface area contributed by atoms with Gasteiger partial charge in [-0.1, -0.05) is 0 Å². The fraction of sp³-hybridized carbons (Fsp3) is 0.571. The largest absolute Gasteiger partial charge is 0.494 e. The first-order valence-corrected chi connectivity index (χ1v) is 6.69. The Labute approximate surface area is 109 Å². The summed E-state index contributed by atoms with van der Waals surface area (Å²) in [5.41, 5.74) is 1.26. The lowest BCUT2D eigenvalue weighted by Crippen LogP contribution is -2.43. The molecule has 0 unspecified atom stereocenters. The van der Waals surface area contributed by atoms with E-state index in [1.165, 1.54) is 5.69 Å². The van der Waals surface area contributed by atoms with Crippen LogP contribution in [0.2, 0.25) is 0 Å². The van der Waals surface area contributed by atoms with Crippen molar-refractivity contribution >= 4 is 5.69 Å². The summed E-state index contributed by atoms with van der Waals surface area (Å²) in [6.07, 6.45) is 1.70. The SMILES string of the molecule is OCCCCOc1ccc(N2CCNCC2)cc1. The minimum atomic E-state index is 0.241. The Morgan fingerprint density at radius 2 is 1.83 bits per heavy atom. The molecule has 1 heterocycles. The molecule has 0 amide bonds. The highest BCUT2D eigenvalue weighted by molar-refractivity contribution is 5.49. The number of unbranched alkanes of at least 4 members (excludes halogenated alkanes) is 1. The molecule has 0 saturated carbocycles. The maximum absolute atomic E-state index is 8.68. The summed E-state index contributed by atoms with van der Waals surface area (Å²) in [6.45, 7) is 5.16. The molecule has 1 fully saturated rings. The van der Waals surface area contributed by atoms with Gasteiger partial charge in [-0.2, -0.15) is 0 Å². The summed E-state index contributed by atoms with van der Waals surface area (Å²) in [5.74, 6) is 0.909. The van der Waals surface area contributed by atoms with E-state index in [-0.39, 0.29) is 6.61 Å². The van der Waals surface area contributed by atoms with Crippen LogP contribution in [0.3, 0.4) is 0 Å². The van der Waals surface area contributed by atoms with Gasteiger partial charge in [0.1, 0.15) is 5.75 Å².